The number of alkyl carbamates (subject to hydrolysis) is 1. The number of halogens is 1. The fraction of sp³-hybridized carbons (Fsp3) is 0.480. The number of benzene rings is 2. The Morgan fingerprint density at radius 3 is 2.66 bits per heavy atom. The fourth-order valence-electron chi connectivity index (χ4n) is 3.80. The van der Waals surface area contributed by atoms with Crippen molar-refractivity contribution in [3.63, 3.8) is 0 Å². The number of carbonyl (C=O) groups excluding carboxylic acids is 1. The minimum absolute atomic E-state index is 0.0263. The molecule has 0 bridgehead atoms. The van der Waals surface area contributed by atoms with Crippen molar-refractivity contribution in [3.05, 3.63) is 59.1 Å². The summed E-state index contributed by atoms with van der Waals surface area (Å²) < 4.78 is 25.7. The lowest BCUT2D eigenvalue weighted by Crippen LogP contribution is -2.51. The van der Waals surface area contributed by atoms with Crippen LogP contribution in [-0.4, -0.2) is 69.7 Å². The van der Waals surface area contributed by atoms with E-state index in [0.29, 0.717) is 37.5 Å². The largest absolute Gasteiger partial charge is 0.593 e. The van der Waals surface area contributed by atoms with Crippen LogP contribution in [0.4, 0.5) is 4.79 Å². The molecule has 3 N–H and O–H groups in total. The molecule has 2 aromatic carbocycles. The standard InChI is InChI=1S/C25H33ClN2O6S/c1-17(2)14-28(35(32)20-8-9-21(26)23(29)13-20)15-24(30)22(12-18-6-4-3-5-7-18)27-25(31)34-19-10-11-33-16-19/h3-9,13,17,19,22,24,29-30H,10-12,14-16H2,1-2H3,(H,27,31)/t19-,22-,24+,35?/m0/s1. The molecule has 1 aliphatic rings. The van der Waals surface area contributed by atoms with Crippen molar-refractivity contribution in [2.75, 3.05) is 26.3 Å². The van der Waals surface area contributed by atoms with Gasteiger partial charge < -0.3 is 29.6 Å². The van der Waals surface area contributed by atoms with Gasteiger partial charge in [0.25, 0.3) is 0 Å². The molecule has 1 unspecified atom stereocenters. The summed E-state index contributed by atoms with van der Waals surface area (Å²) in [5.74, 6) is -0.00951. The van der Waals surface area contributed by atoms with Crippen LogP contribution >= 0.6 is 11.6 Å². The second kappa shape index (κ2) is 13.3. The van der Waals surface area contributed by atoms with Gasteiger partial charge in [-0.15, -0.1) is 4.31 Å². The van der Waals surface area contributed by atoms with Crippen LogP contribution in [0, 0.1) is 5.92 Å². The van der Waals surface area contributed by atoms with E-state index in [9.17, 15) is 19.6 Å². The highest BCUT2D eigenvalue weighted by atomic mass is 35.5. The summed E-state index contributed by atoms with van der Waals surface area (Å²) in [4.78, 5) is 12.9. The maximum absolute atomic E-state index is 13.4. The molecular formula is C25H33ClN2O6S. The van der Waals surface area contributed by atoms with Gasteiger partial charge in [-0.3, -0.25) is 0 Å². The van der Waals surface area contributed by atoms with Gasteiger partial charge in [0.2, 0.25) is 0 Å². The first kappa shape index (κ1) is 27.6. The second-order valence-corrected chi connectivity index (χ2v) is 10.9. The summed E-state index contributed by atoms with van der Waals surface area (Å²) in [5, 5.41) is 24.1. The summed E-state index contributed by atoms with van der Waals surface area (Å²) in [6.45, 7) is 5.32. The van der Waals surface area contributed by atoms with E-state index in [2.05, 4.69) is 5.32 Å². The molecule has 1 fully saturated rings. The number of aliphatic hydroxyl groups excluding tert-OH is 1. The number of aromatic hydroxyl groups is 1. The average molecular weight is 525 g/mol. The SMILES string of the molecule is CC(C)CN(C[C@@H](O)[C@H](Cc1ccccc1)NC(=O)O[C@H]1CCOC1)[S+]([O-])c1ccc(Cl)c(O)c1. The number of amides is 1. The first-order valence-corrected chi connectivity index (χ1v) is 13.1. The minimum atomic E-state index is -1.67. The van der Waals surface area contributed by atoms with Gasteiger partial charge in [0.05, 0.1) is 48.3 Å². The Balaban J connectivity index is 1.75. The maximum Gasteiger partial charge on any atom is 0.407 e. The van der Waals surface area contributed by atoms with Crippen LogP contribution in [0.5, 0.6) is 5.75 Å². The van der Waals surface area contributed by atoms with Gasteiger partial charge in [0.1, 0.15) is 11.9 Å². The highest BCUT2D eigenvalue weighted by Gasteiger charge is 2.32. The van der Waals surface area contributed by atoms with E-state index in [1.807, 2.05) is 44.2 Å². The fourth-order valence-corrected chi connectivity index (χ4v) is 5.33. The summed E-state index contributed by atoms with van der Waals surface area (Å²) >= 11 is 4.23. The lowest BCUT2D eigenvalue weighted by molar-refractivity contribution is 0.0643. The summed E-state index contributed by atoms with van der Waals surface area (Å²) in [6.07, 6.45) is -0.991. The number of ether oxygens (including phenoxy) is 2. The Labute approximate surface area is 214 Å². The Bertz CT molecular complexity index is 945. The third-order valence-electron chi connectivity index (χ3n) is 5.54. The molecule has 1 saturated heterocycles. The van der Waals surface area contributed by atoms with Gasteiger partial charge in [-0.2, -0.15) is 0 Å². The van der Waals surface area contributed by atoms with Crippen LogP contribution in [0.3, 0.4) is 0 Å². The van der Waals surface area contributed by atoms with E-state index in [0.717, 1.165) is 5.56 Å². The lowest BCUT2D eigenvalue weighted by Gasteiger charge is -2.31. The molecule has 0 radical (unpaired) electrons. The van der Waals surface area contributed by atoms with Gasteiger partial charge in [-0.25, -0.2) is 4.79 Å². The number of hydrogen-bond acceptors (Lipinski definition) is 7. The van der Waals surface area contributed by atoms with E-state index < -0.39 is 29.6 Å². The number of rotatable bonds is 11. The molecule has 3 rings (SSSR count). The molecular weight excluding hydrogens is 492 g/mol. The Morgan fingerprint density at radius 2 is 2.03 bits per heavy atom. The normalized spacial score (nSPS) is 18.4. The minimum Gasteiger partial charge on any atom is -0.593 e. The number of phenols is 1. The zero-order chi connectivity index (χ0) is 25.4. The van der Waals surface area contributed by atoms with E-state index in [-0.39, 0.29) is 29.3 Å². The van der Waals surface area contributed by atoms with Crippen LogP contribution in [0.25, 0.3) is 0 Å². The first-order chi connectivity index (χ1) is 16.7. The van der Waals surface area contributed by atoms with Crippen LogP contribution in [-0.2, 0) is 27.3 Å². The number of nitrogens with zero attached hydrogens (tertiary/aromatic N) is 1. The Hall–Kier alpha value is -2.01. The number of phenolic OH excluding ortho intramolecular Hbond substituents is 1. The molecule has 0 aromatic heterocycles. The molecule has 8 nitrogen and oxygen atoms in total. The van der Waals surface area contributed by atoms with Crippen molar-refractivity contribution in [1.29, 1.82) is 0 Å². The van der Waals surface area contributed by atoms with Gasteiger partial charge in [0, 0.05) is 19.0 Å². The molecule has 1 aliphatic heterocycles. The van der Waals surface area contributed by atoms with Gasteiger partial charge in [-0.1, -0.05) is 55.8 Å². The number of nitrogens with one attached hydrogen (secondary N) is 1. The van der Waals surface area contributed by atoms with Crippen LogP contribution in [0.1, 0.15) is 25.8 Å². The highest BCUT2D eigenvalue weighted by molar-refractivity contribution is 7.89. The van der Waals surface area contributed by atoms with Crippen molar-refractivity contribution in [1.82, 2.24) is 9.62 Å². The van der Waals surface area contributed by atoms with Crippen molar-refractivity contribution < 1.29 is 29.0 Å². The predicted octanol–water partition coefficient (Wildman–Crippen LogP) is 3.51. The molecule has 1 heterocycles. The zero-order valence-corrected chi connectivity index (χ0v) is 21.5. The van der Waals surface area contributed by atoms with Crippen molar-refractivity contribution in [2.45, 2.75) is 49.8 Å². The molecule has 1 amide bonds. The first-order valence-electron chi connectivity index (χ1n) is 11.6. The summed E-state index contributed by atoms with van der Waals surface area (Å²) in [7, 11) is 0. The molecule has 10 heteroatoms. The number of carbonyl (C=O) groups is 1. The summed E-state index contributed by atoms with van der Waals surface area (Å²) in [6, 6.07) is 13.2. The molecule has 0 aliphatic carbocycles. The molecule has 0 saturated carbocycles. The topological polar surface area (TPSA) is 114 Å². The van der Waals surface area contributed by atoms with Crippen molar-refractivity contribution in [2.24, 2.45) is 5.92 Å². The van der Waals surface area contributed by atoms with Crippen molar-refractivity contribution in [3.8, 4) is 5.75 Å². The quantitative estimate of drug-likeness (QED) is 0.385. The molecule has 35 heavy (non-hydrogen) atoms. The maximum atomic E-state index is 13.4. The van der Waals surface area contributed by atoms with Gasteiger partial charge >= 0.3 is 6.09 Å². The van der Waals surface area contributed by atoms with Crippen LogP contribution in [0.2, 0.25) is 5.02 Å². The monoisotopic (exact) mass is 524 g/mol. The van der Waals surface area contributed by atoms with Gasteiger partial charge in [-0.05, 0) is 30.0 Å². The highest BCUT2D eigenvalue weighted by Crippen LogP contribution is 2.28. The third-order valence-corrected chi connectivity index (χ3v) is 7.28. The molecule has 192 valence electrons. The molecule has 4 atom stereocenters. The van der Waals surface area contributed by atoms with E-state index in [1.54, 1.807) is 10.4 Å². The number of hydrogen-bond donors (Lipinski definition) is 3. The van der Waals surface area contributed by atoms with Crippen LogP contribution in [0.15, 0.2) is 53.4 Å². The van der Waals surface area contributed by atoms with E-state index >= 15 is 0 Å². The Kier molecular flexibility index (Phi) is 10.5. The third kappa shape index (κ3) is 8.56. The van der Waals surface area contributed by atoms with Crippen molar-refractivity contribution >= 4 is 29.1 Å². The van der Waals surface area contributed by atoms with Gasteiger partial charge in [0.15, 0.2) is 4.90 Å². The zero-order valence-electron chi connectivity index (χ0n) is 19.9. The lowest BCUT2D eigenvalue weighted by atomic mass is 10.0. The van der Waals surface area contributed by atoms with E-state index in [1.165, 1.54) is 12.1 Å². The smallest absolute Gasteiger partial charge is 0.407 e. The average Bonchev–Trinajstić information content (AvgIpc) is 3.32. The Morgan fingerprint density at radius 1 is 1.29 bits per heavy atom. The number of aliphatic hydroxyl groups is 1. The van der Waals surface area contributed by atoms with Crippen LogP contribution < -0.4 is 5.32 Å². The summed E-state index contributed by atoms with van der Waals surface area (Å²) in [5.41, 5.74) is 0.931. The second-order valence-electron chi connectivity index (χ2n) is 9.00. The van der Waals surface area contributed by atoms with E-state index in [4.69, 9.17) is 21.1 Å². The predicted molar refractivity (Wildman–Crippen MR) is 135 cm³/mol. The molecule has 0 spiro atoms. The molecule has 2 aromatic rings.